The number of nitrogen functional groups attached to an aromatic ring is 1. The van der Waals surface area contributed by atoms with E-state index in [0.717, 1.165) is 0 Å². The number of para-hydroxylation sites is 1. The van der Waals surface area contributed by atoms with Crippen molar-refractivity contribution in [3.05, 3.63) is 23.8 Å². The highest BCUT2D eigenvalue weighted by Gasteiger charge is 2.18. The van der Waals surface area contributed by atoms with Crippen molar-refractivity contribution in [2.75, 3.05) is 23.7 Å². The van der Waals surface area contributed by atoms with Crippen LogP contribution >= 0.6 is 0 Å². The van der Waals surface area contributed by atoms with Crippen LogP contribution in [0.25, 0.3) is 0 Å². The van der Waals surface area contributed by atoms with Gasteiger partial charge in [-0.1, -0.05) is 6.07 Å². The monoisotopic (exact) mass is 266 g/mol. The number of nitrogens with zero attached hydrogens (tertiary/aromatic N) is 1. The topological polar surface area (TPSA) is 153 Å². The molecular weight excluding hydrogens is 252 g/mol. The van der Waals surface area contributed by atoms with Gasteiger partial charge in [0.25, 0.3) is 0 Å². The predicted molar refractivity (Wildman–Crippen MR) is 68.4 cm³/mol. The molecule has 0 unspecified atom stereocenters. The minimum Gasteiger partial charge on any atom is -0.478 e. The summed E-state index contributed by atoms with van der Waals surface area (Å²) in [5, 5.41) is 8.95. The third-order valence-electron chi connectivity index (χ3n) is 2.35. The summed E-state index contributed by atoms with van der Waals surface area (Å²) in [7, 11) is 0. The molecule has 0 spiro atoms. The molecule has 0 fully saturated rings. The number of aromatic carboxylic acids is 1. The van der Waals surface area contributed by atoms with Gasteiger partial charge in [0.2, 0.25) is 11.8 Å². The van der Waals surface area contributed by atoms with Gasteiger partial charge in [0.05, 0.1) is 30.0 Å². The van der Waals surface area contributed by atoms with Crippen molar-refractivity contribution in [3.8, 4) is 0 Å². The molecule has 0 saturated heterocycles. The average molecular weight is 266 g/mol. The smallest absolute Gasteiger partial charge is 0.337 e. The first-order valence-electron chi connectivity index (χ1n) is 5.26. The molecule has 1 rings (SSSR count). The summed E-state index contributed by atoms with van der Waals surface area (Å²) in [4.78, 5) is 34.1. The van der Waals surface area contributed by atoms with Crippen LogP contribution in [-0.4, -0.2) is 36.0 Å². The summed E-state index contributed by atoms with van der Waals surface area (Å²) in [6.45, 7) is -0.591. The number of rotatable bonds is 6. The second-order valence-electron chi connectivity index (χ2n) is 3.83. The Hall–Kier alpha value is -2.77. The number of carbonyl (C=O) groups is 3. The molecule has 7 N–H and O–H groups in total. The minimum absolute atomic E-state index is 0.0579. The second-order valence-corrected chi connectivity index (χ2v) is 3.83. The van der Waals surface area contributed by atoms with E-state index >= 15 is 0 Å². The van der Waals surface area contributed by atoms with E-state index in [1.54, 1.807) is 0 Å². The Bertz CT molecular complexity index is 513. The minimum atomic E-state index is -1.21. The molecule has 102 valence electrons. The van der Waals surface area contributed by atoms with Crippen molar-refractivity contribution in [2.45, 2.75) is 0 Å². The predicted octanol–water partition coefficient (Wildman–Crippen LogP) is -1.26. The lowest BCUT2D eigenvalue weighted by Crippen LogP contribution is -2.40. The van der Waals surface area contributed by atoms with Gasteiger partial charge in [0, 0.05) is 0 Å². The number of hydrogen-bond donors (Lipinski definition) is 4. The zero-order valence-electron chi connectivity index (χ0n) is 10.00. The van der Waals surface area contributed by atoms with Crippen LogP contribution in [0, 0.1) is 0 Å². The van der Waals surface area contributed by atoms with Gasteiger partial charge in [0.15, 0.2) is 0 Å². The lowest BCUT2D eigenvalue weighted by molar-refractivity contribution is -0.117. The van der Waals surface area contributed by atoms with Gasteiger partial charge in [-0.15, -0.1) is 0 Å². The molecule has 1 aromatic carbocycles. The van der Waals surface area contributed by atoms with Crippen LogP contribution in [0.15, 0.2) is 18.2 Å². The normalized spacial score (nSPS) is 9.89. The summed E-state index contributed by atoms with van der Waals surface area (Å²) < 4.78 is 0. The fourth-order valence-corrected chi connectivity index (χ4v) is 1.62. The number of carboxylic acid groups (broad SMARTS) is 1. The van der Waals surface area contributed by atoms with Crippen LogP contribution in [0.2, 0.25) is 0 Å². The number of nitrogens with two attached hydrogens (primary N) is 3. The summed E-state index contributed by atoms with van der Waals surface area (Å²) in [6, 6.07) is 4.24. The Morgan fingerprint density at radius 1 is 1.11 bits per heavy atom. The number of hydrogen-bond acceptors (Lipinski definition) is 5. The van der Waals surface area contributed by atoms with E-state index in [2.05, 4.69) is 0 Å². The Morgan fingerprint density at radius 3 is 2.05 bits per heavy atom. The molecule has 0 aliphatic heterocycles. The fourth-order valence-electron chi connectivity index (χ4n) is 1.62. The Morgan fingerprint density at radius 2 is 1.63 bits per heavy atom. The lowest BCUT2D eigenvalue weighted by Gasteiger charge is -2.23. The summed E-state index contributed by atoms with van der Waals surface area (Å²) in [6.07, 6.45) is 0. The highest BCUT2D eigenvalue weighted by Crippen LogP contribution is 2.26. The third kappa shape index (κ3) is 3.60. The molecule has 0 saturated carbocycles. The fraction of sp³-hybridized carbons (Fsp3) is 0.182. The van der Waals surface area contributed by atoms with Crippen LogP contribution in [0.3, 0.4) is 0 Å². The third-order valence-corrected chi connectivity index (χ3v) is 2.35. The zero-order valence-corrected chi connectivity index (χ0v) is 10.00. The van der Waals surface area contributed by atoms with E-state index < -0.39 is 17.8 Å². The van der Waals surface area contributed by atoms with E-state index in [-0.39, 0.29) is 30.0 Å². The first kappa shape index (κ1) is 14.3. The van der Waals surface area contributed by atoms with Crippen LogP contribution < -0.4 is 22.1 Å². The molecule has 0 bridgehead atoms. The molecule has 0 aromatic heterocycles. The maximum absolute atomic E-state index is 11.0. The molecule has 0 aliphatic rings. The number of amides is 2. The molecular formula is C11H14N4O4. The van der Waals surface area contributed by atoms with E-state index in [9.17, 15) is 14.4 Å². The average Bonchev–Trinajstić information content (AvgIpc) is 2.26. The van der Waals surface area contributed by atoms with Gasteiger partial charge < -0.3 is 27.2 Å². The first-order valence-corrected chi connectivity index (χ1v) is 5.26. The highest BCUT2D eigenvalue weighted by atomic mass is 16.4. The SMILES string of the molecule is NC(=O)CN(CC(N)=O)c1cccc(C(=O)O)c1N. The molecule has 1 aromatic rings. The van der Waals surface area contributed by atoms with E-state index in [1.165, 1.54) is 23.1 Å². The van der Waals surface area contributed by atoms with Crippen molar-refractivity contribution in [2.24, 2.45) is 11.5 Å². The zero-order chi connectivity index (χ0) is 14.6. The lowest BCUT2D eigenvalue weighted by atomic mass is 10.1. The van der Waals surface area contributed by atoms with Gasteiger partial charge in [-0.05, 0) is 12.1 Å². The van der Waals surface area contributed by atoms with Crippen LogP contribution in [0.4, 0.5) is 11.4 Å². The van der Waals surface area contributed by atoms with Crippen molar-refractivity contribution < 1.29 is 19.5 Å². The number of benzene rings is 1. The summed E-state index contributed by atoms with van der Waals surface area (Å²) in [5.74, 6) is -2.60. The van der Waals surface area contributed by atoms with Crippen molar-refractivity contribution in [1.29, 1.82) is 0 Å². The summed E-state index contributed by atoms with van der Waals surface area (Å²) in [5.41, 5.74) is 15.9. The quantitative estimate of drug-likeness (QED) is 0.471. The molecule has 0 heterocycles. The molecule has 0 aliphatic carbocycles. The second kappa shape index (κ2) is 5.71. The van der Waals surface area contributed by atoms with E-state index in [1.807, 2.05) is 0 Å². The molecule has 8 heteroatoms. The van der Waals surface area contributed by atoms with Gasteiger partial charge in [0.1, 0.15) is 0 Å². The number of anilines is 2. The standard InChI is InChI=1S/C11H14N4O4/c12-8(16)4-15(5-9(13)17)7-3-1-2-6(10(7)14)11(18)19/h1-3H,4-5,14H2,(H2,12,16)(H2,13,17)(H,18,19). The van der Waals surface area contributed by atoms with Gasteiger partial charge in [-0.3, -0.25) is 9.59 Å². The number of carboxylic acids is 1. The van der Waals surface area contributed by atoms with Gasteiger partial charge in [-0.2, -0.15) is 0 Å². The van der Waals surface area contributed by atoms with Crippen molar-refractivity contribution in [3.63, 3.8) is 0 Å². The first-order chi connectivity index (χ1) is 8.82. The van der Waals surface area contributed by atoms with Gasteiger partial charge >= 0.3 is 5.97 Å². The van der Waals surface area contributed by atoms with Crippen molar-refractivity contribution in [1.82, 2.24) is 0 Å². The Labute approximate surface area is 108 Å². The van der Waals surface area contributed by atoms with Gasteiger partial charge in [-0.25, -0.2) is 4.79 Å². The van der Waals surface area contributed by atoms with Crippen LogP contribution in [-0.2, 0) is 9.59 Å². The largest absolute Gasteiger partial charge is 0.478 e. The Balaban J connectivity index is 3.21. The molecule has 8 nitrogen and oxygen atoms in total. The maximum atomic E-state index is 11.0. The van der Waals surface area contributed by atoms with Crippen LogP contribution in [0.5, 0.6) is 0 Å². The molecule has 2 amide bonds. The molecule has 19 heavy (non-hydrogen) atoms. The maximum Gasteiger partial charge on any atom is 0.337 e. The van der Waals surface area contributed by atoms with Crippen molar-refractivity contribution >= 4 is 29.2 Å². The van der Waals surface area contributed by atoms with E-state index in [4.69, 9.17) is 22.3 Å². The number of carbonyl (C=O) groups excluding carboxylic acids is 2. The summed E-state index contributed by atoms with van der Waals surface area (Å²) >= 11 is 0. The highest BCUT2D eigenvalue weighted by molar-refractivity contribution is 5.98. The van der Waals surface area contributed by atoms with Crippen LogP contribution in [0.1, 0.15) is 10.4 Å². The Kier molecular flexibility index (Phi) is 4.30. The number of primary amides is 2. The molecule has 0 radical (unpaired) electrons. The molecule has 0 atom stereocenters. The van der Waals surface area contributed by atoms with E-state index in [0.29, 0.717) is 0 Å².